The standard InChI is InChI=1S/C17H26O2/c1-15(16-12-8-6-9-13-16)11-7-4-2-3-5-10-14-17(18)19/h6,8-9,12-13,15H,2-5,7,10-11,14H2,1H3,(H,18,19)/t15-/m1/s1. The van der Waals surface area contributed by atoms with Gasteiger partial charge < -0.3 is 5.11 Å². The zero-order chi connectivity index (χ0) is 13.9. The van der Waals surface area contributed by atoms with E-state index in [1.807, 2.05) is 0 Å². The molecule has 1 rings (SSSR count). The highest BCUT2D eigenvalue weighted by Crippen LogP contribution is 2.21. The van der Waals surface area contributed by atoms with Crippen LogP contribution >= 0.6 is 0 Å². The molecule has 0 saturated heterocycles. The Morgan fingerprint density at radius 3 is 2.21 bits per heavy atom. The first kappa shape index (κ1) is 15.7. The van der Waals surface area contributed by atoms with Gasteiger partial charge in [-0.1, -0.05) is 69.4 Å². The topological polar surface area (TPSA) is 37.3 Å². The fourth-order valence-corrected chi connectivity index (χ4v) is 2.38. The molecule has 0 fully saturated rings. The second kappa shape index (κ2) is 9.60. The van der Waals surface area contributed by atoms with Crippen LogP contribution in [0.1, 0.15) is 69.8 Å². The molecule has 0 aromatic heterocycles. The van der Waals surface area contributed by atoms with Crippen molar-refractivity contribution < 1.29 is 9.90 Å². The fourth-order valence-electron chi connectivity index (χ4n) is 2.38. The van der Waals surface area contributed by atoms with Crippen LogP contribution in [0.4, 0.5) is 0 Å². The van der Waals surface area contributed by atoms with Gasteiger partial charge in [-0.15, -0.1) is 0 Å². The second-order valence-electron chi connectivity index (χ2n) is 5.37. The van der Waals surface area contributed by atoms with Crippen molar-refractivity contribution in [1.82, 2.24) is 0 Å². The average Bonchev–Trinajstić information content (AvgIpc) is 2.42. The number of hydrogen-bond donors (Lipinski definition) is 1. The molecule has 2 heteroatoms. The number of aliphatic carboxylic acids is 1. The highest BCUT2D eigenvalue weighted by atomic mass is 16.4. The Hall–Kier alpha value is -1.31. The van der Waals surface area contributed by atoms with Gasteiger partial charge in [0.1, 0.15) is 0 Å². The average molecular weight is 262 g/mol. The molecule has 0 heterocycles. The van der Waals surface area contributed by atoms with Crippen LogP contribution in [0.2, 0.25) is 0 Å². The molecule has 0 unspecified atom stereocenters. The first-order valence-electron chi connectivity index (χ1n) is 7.47. The highest BCUT2D eigenvalue weighted by molar-refractivity contribution is 5.66. The first-order chi connectivity index (χ1) is 9.20. The van der Waals surface area contributed by atoms with Crippen LogP contribution in [0.15, 0.2) is 30.3 Å². The van der Waals surface area contributed by atoms with E-state index in [4.69, 9.17) is 5.11 Å². The SMILES string of the molecule is C[C@H](CCCCCCCCC(=O)O)c1ccccc1. The lowest BCUT2D eigenvalue weighted by atomic mass is 9.95. The maximum Gasteiger partial charge on any atom is 0.303 e. The summed E-state index contributed by atoms with van der Waals surface area (Å²) < 4.78 is 0. The Labute approximate surface area is 116 Å². The van der Waals surface area contributed by atoms with Gasteiger partial charge in [0.15, 0.2) is 0 Å². The molecule has 0 spiro atoms. The number of carbonyl (C=O) groups is 1. The molecular formula is C17H26O2. The number of hydrogen-bond acceptors (Lipinski definition) is 1. The summed E-state index contributed by atoms with van der Waals surface area (Å²) in [5.74, 6) is -0.0232. The van der Waals surface area contributed by atoms with Gasteiger partial charge >= 0.3 is 5.97 Å². The fraction of sp³-hybridized carbons (Fsp3) is 0.588. The quantitative estimate of drug-likeness (QED) is 0.603. The van der Waals surface area contributed by atoms with E-state index in [1.54, 1.807) is 0 Å². The molecule has 0 aliphatic heterocycles. The lowest BCUT2D eigenvalue weighted by Crippen LogP contribution is -1.94. The third-order valence-electron chi connectivity index (χ3n) is 3.65. The Morgan fingerprint density at radius 2 is 1.58 bits per heavy atom. The van der Waals surface area contributed by atoms with E-state index < -0.39 is 5.97 Å². The molecule has 0 bridgehead atoms. The summed E-state index contributed by atoms with van der Waals surface area (Å²) in [7, 11) is 0. The third kappa shape index (κ3) is 7.66. The lowest BCUT2D eigenvalue weighted by Gasteiger charge is -2.11. The minimum absolute atomic E-state index is 0.324. The highest BCUT2D eigenvalue weighted by Gasteiger charge is 2.04. The molecule has 1 aromatic rings. The molecule has 1 N–H and O–H groups in total. The van der Waals surface area contributed by atoms with Crippen molar-refractivity contribution in [3.05, 3.63) is 35.9 Å². The number of rotatable bonds is 10. The van der Waals surface area contributed by atoms with Gasteiger partial charge in [-0.3, -0.25) is 4.79 Å². The van der Waals surface area contributed by atoms with Crippen molar-refractivity contribution in [2.75, 3.05) is 0 Å². The summed E-state index contributed by atoms with van der Waals surface area (Å²) in [5.41, 5.74) is 1.43. The van der Waals surface area contributed by atoms with Crippen LogP contribution in [-0.4, -0.2) is 11.1 Å². The minimum Gasteiger partial charge on any atom is -0.481 e. The van der Waals surface area contributed by atoms with E-state index in [-0.39, 0.29) is 0 Å². The lowest BCUT2D eigenvalue weighted by molar-refractivity contribution is -0.137. The third-order valence-corrected chi connectivity index (χ3v) is 3.65. The minimum atomic E-state index is -0.670. The van der Waals surface area contributed by atoms with Gasteiger partial charge in [-0.05, 0) is 24.3 Å². The Balaban J connectivity index is 1.98. The molecule has 1 aromatic carbocycles. The van der Waals surface area contributed by atoms with Crippen molar-refractivity contribution in [1.29, 1.82) is 0 Å². The number of carboxylic acid groups (broad SMARTS) is 1. The van der Waals surface area contributed by atoms with E-state index in [2.05, 4.69) is 37.3 Å². The van der Waals surface area contributed by atoms with Crippen molar-refractivity contribution in [3.8, 4) is 0 Å². The first-order valence-corrected chi connectivity index (χ1v) is 7.47. The van der Waals surface area contributed by atoms with Gasteiger partial charge in [-0.25, -0.2) is 0 Å². The maximum atomic E-state index is 10.3. The molecular weight excluding hydrogens is 236 g/mol. The Bertz CT molecular complexity index is 346. The van der Waals surface area contributed by atoms with Crippen LogP contribution in [0.25, 0.3) is 0 Å². The van der Waals surface area contributed by atoms with E-state index in [9.17, 15) is 4.79 Å². The van der Waals surface area contributed by atoms with Crippen molar-refractivity contribution in [2.45, 2.75) is 64.2 Å². The van der Waals surface area contributed by atoms with Gasteiger partial charge in [0.25, 0.3) is 0 Å². The molecule has 0 aliphatic rings. The summed E-state index contributed by atoms with van der Waals surface area (Å²) in [6, 6.07) is 10.7. The van der Waals surface area contributed by atoms with Crippen molar-refractivity contribution in [2.24, 2.45) is 0 Å². The number of carboxylic acids is 1. The Kier molecular flexibility index (Phi) is 7.95. The van der Waals surface area contributed by atoms with E-state index >= 15 is 0 Å². The zero-order valence-corrected chi connectivity index (χ0v) is 12.0. The normalized spacial score (nSPS) is 12.3. The van der Waals surface area contributed by atoms with Crippen LogP contribution in [-0.2, 0) is 4.79 Å². The van der Waals surface area contributed by atoms with Crippen molar-refractivity contribution in [3.63, 3.8) is 0 Å². The second-order valence-corrected chi connectivity index (χ2v) is 5.37. The number of unbranched alkanes of at least 4 members (excludes halogenated alkanes) is 5. The van der Waals surface area contributed by atoms with Crippen LogP contribution in [0.3, 0.4) is 0 Å². The molecule has 2 nitrogen and oxygen atoms in total. The summed E-state index contributed by atoms with van der Waals surface area (Å²) in [5, 5.41) is 8.52. The monoisotopic (exact) mass is 262 g/mol. The summed E-state index contributed by atoms with van der Waals surface area (Å²) in [4.78, 5) is 10.3. The molecule has 1 atom stereocenters. The van der Waals surface area contributed by atoms with E-state index in [0.717, 1.165) is 12.8 Å². The molecule has 0 aliphatic carbocycles. The zero-order valence-electron chi connectivity index (χ0n) is 12.0. The van der Waals surface area contributed by atoms with E-state index in [1.165, 1.54) is 37.7 Å². The summed E-state index contributed by atoms with van der Waals surface area (Å²) >= 11 is 0. The molecule has 19 heavy (non-hydrogen) atoms. The van der Waals surface area contributed by atoms with E-state index in [0.29, 0.717) is 12.3 Å². The molecule has 106 valence electrons. The molecule has 0 radical (unpaired) electrons. The van der Waals surface area contributed by atoms with Crippen molar-refractivity contribution >= 4 is 5.97 Å². The van der Waals surface area contributed by atoms with Crippen LogP contribution < -0.4 is 0 Å². The van der Waals surface area contributed by atoms with Gasteiger partial charge in [0, 0.05) is 6.42 Å². The predicted molar refractivity (Wildman–Crippen MR) is 79.4 cm³/mol. The Morgan fingerprint density at radius 1 is 1.00 bits per heavy atom. The predicted octanol–water partition coefficient (Wildman–Crippen LogP) is 5.00. The van der Waals surface area contributed by atoms with Crippen LogP contribution in [0.5, 0.6) is 0 Å². The van der Waals surface area contributed by atoms with Gasteiger partial charge in [-0.2, -0.15) is 0 Å². The summed E-state index contributed by atoms with van der Waals surface area (Å²) in [6.45, 7) is 2.29. The molecule has 0 amide bonds. The summed E-state index contributed by atoms with van der Waals surface area (Å²) in [6.07, 6.45) is 8.41. The smallest absolute Gasteiger partial charge is 0.303 e. The van der Waals surface area contributed by atoms with Crippen LogP contribution in [0, 0.1) is 0 Å². The van der Waals surface area contributed by atoms with Gasteiger partial charge in [0.2, 0.25) is 0 Å². The maximum absolute atomic E-state index is 10.3. The largest absolute Gasteiger partial charge is 0.481 e. The number of benzene rings is 1. The van der Waals surface area contributed by atoms with Gasteiger partial charge in [0.05, 0.1) is 0 Å². The molecule has 0 saturated carbocycles.